The molecule has 14 heavy (non-hydrogen) atoms. The first kappa shape index (κ1) is 11.1. The maximum absolute atomic E-state index is 10.4. The summed E-state index contributed by atoms with van der Waals surface area (Å²) in [5.41, 5.74) is 0.772. The van der Waals surface area contributed by atoms with Gasteiger partial charge in [-0.1, -0.05) is 29.8 Å². The van der Waals surface area contributed by atoms with Crippen LogP contribution in [0.2, 0.25) is 0 Å². The van der Waals surface area contributed by atoms with Gasteiger partial charge in [-0.15, -0.1) is 0 Å². The zero-order valence-corrected chi connectivity index (χ0v) is 9.61. The zero-order valence-electron chi connectivity index (χ0n) is 8.03. The van der Waals surface area contributed by atoms with Crippen molar-refractivity contribution in [1.29, 1.82) is 0 Å². The summed E-state index contributed by atoms with van der Waals surface area (Å²) < 4.78 is 0. The van der Waals surface area contributed by atoms with Gasteiger partial charge in [0.2, 0.25) is 0 Å². The Morgan fingerprint density at radius 3 is 2.57 bits per heavy atom. The summed E-state index contributed by atoms with van der Waals surface area (Å²) in [5.74, 6) is 0. The molecule has 1 rings (SSSR count). The van der Waals surface area contributed by atoms with E-state index in [2.05, 4.69) is 20.9 Å². The van der Waals surface area contributed by atoms with Gasteiger partial charge in [0.1, 0.15) is 6.20 Å². The quantitative estimate of drug-likeness (QED) is 0.476. The molecule has 0 unspecified atom stereocenters. The van der Waals surface area contributed by atoms with Crippen molar-refractivity contribution in [2.75, 3.05) is 5.33 Å². The van der Waals surface area contributed by atoms with Crippen molar-refractivity contribution in [2.45, 2.75) is 19.3 Å². The van der Waals surface area contributed by atoms with E-state index >= 15 is 0 Å². The van der Waals surface area contributed by atoms with Gasteiger partial charge >= 0.3 is 0 Å². The summed E-state index contributed by atoms with van der Waals surface area (Å²) >= 11 is 3.38. The molecule has 0 bridgehead atoms. The van der Waals surface area contributed by atoms with E-state index in [9.17, 15) is 10.1 Å². The van der Waals surface area contributed by atoms with E-state index in [-0.39, 0.29) is 11.1 Å². The minimum atomic E-state index is -0.447. The van der Waals surface area contributed by atoms with Gasteiger partial charge in [0.05, 0.1) is 4.92 Å². The van der Waals surface area contributed by atoms with Crippen LogP contribution in [0.5, 0.6) is 0 Å². The van der Waals surface area contributed by atoms with Crippen molar-refractivity contribution in [1.82, 2.24) is 4.98 Å². The number of nitrogens with zero attached hydrogens (tertiary/aromatic N) is 2. The molecule has 5 heteroatoms. The molecule has 0 saturated carbocycles. The Morgan fingerprint density at radius 1 is 1.57 bits per heavy atom. The standard InChI is InChI=1S/C9H11BrN2O2/c1-9(2,6-10)8-4-3-7(5-11-8)12(13)14/h3-5H,6H2,1-2H3. The molecular weight excluding hydrogens is 248 g/mol. The van der Waals surface area contributed by atoms with Crippen LogP contribution in [-0.4, -0.2) is 15.2 Å². The second kappa shape index (κ2) is 4.04. The van der Waals surface area contributed by atoms with Crippen molar-refractivity contribution in [3.05, 3.63) is 34.1 Å². The maximum atomic E-state index is 10.4. The van der Waals surface area contributed by atoms with Crippen LogP contribution in [0.25, 0.3) is 0 Å². The Labute approximate surface area is 90.6 Å². The van der Waals surface area contributed by atoms with Gasteiger partial charge in [0, 0.05) is 22.5 Å². The summed E-state index contributed by atoms with van der Waals surface area (Å²) in [6, 6.07) is 3.17. The summed E-state index contributed by atoms with van der Waals surface area (Å²) in [5, 5.41) is 11.2. The molecule has 0 aliphatic rings. The van der Waals surface area contributed by atoms with E-state index in [0.29, 0.717) is 0 Å². The second-order valence-corrected chi connectivity index (χ2v) is 4.24. The monoisotopic (exact) mass is 258 g/mol. The molecule has 0 atom stereocenters. The van der Waals surface area contributed by atoms with Crippen molar-refractivity contribution in [3.8, 4) is 0 Å². The van der Waals surface area contributed by atoms with Gasteiger partial charge in [-0.2, -0.15) is 0 Å². The molecule has 0 aromatic carbocycles. The van der Waals surface area contributed by atoms with Crippen molar-refractivity contribution < 1.29 is 4.92 Å². The molecule has 0 aliphatic heterocycles. The number of pyridine rings is 1. The highest BCUT2D eigenvalue weighted by Gasteiger charge is 2.21. The third-order valence-corrected chi connectivity index (χ3v) is 3.39. The number of hydrogen-bond acceptors (Lipinski definition) is 3. The van der Waals surface area contributed by atoms with Crippen LogP contribution in [0.4, 0.5) is 5.69 Å². The highest BCUT2D eigenvalue weighted by atomic mass is 79.9. The van der Waals surface area contributed by atoms with Crippen molar-refractivity contribution in [3.63, 3.8) is 0 Å². The Bertz CT molecular complexity index is 335. The van der Waals surface area contributed by atoms with E-state index in [1.807, 2.05) is 13.8 Å². The lowest BCUT2D eigenvalue weighted by Crippen LogP contribution is -2.20. The highest BCUT2D eigenvalue weighted by molar-refractivity contribution is 9.09. The second-order valence-electron chi connectivity index (χ2n) is 3.68. The lowest BCUT2D eigenvalue weighted by molar-refractivity contribution is -0.385. The van der Waals surface area contributed by atoms with Gasteiger partial charge < -0.3 is 0 Å². The first-order chi connectivity index (χ1) is 6.47. The van der Waals surface area contributed by atoms with E-state index in [1.54, 1.807) is 6.07 Å². The molecule has 4 nitrogen and oxygen atoms in total. The normalized spacial score (nSPS) is 11.4. The van der Waals surface area contributed by atoms with Gasteiger partial charge in [-0.05, 0) is 6.07 Å². The average Bonchev–Trinajstić information content (AvgIpc) is 2.18. The van der Waals surface area contributed by atoms with Gasteiger partial charge in [0.25, 0.3) is 5.69 Å². The highest BCUT2D eigenvalue weighted by Crippen LogP contribution is 2.24. The molecule has 76 valence electrons. The predicted molar refractivity (Wildman–Crippen MR) is 57.7 cm³/mol. The average molecular weight is 259 g/mol. The maximum Gasteiger partial charge on any atom is 0.287 e. The molecule has 0 fully saturated rings. The molecule has 0 amide bonds. The molecule has 1 aromatic heterocycles. The largest absolute Gasteiger partial charge is 0.287 e. The lowest BCUT2D eigenvalue weighted by Gasteiger charge is -2.20. The summed E-state index contributed by atoms with van der Waals surface area (Å²) in [7, 11) is 0. The van der Waals surface area contributed by atoms with Gasteiger partial charge in [0.15, 0.2) is 0 Å². The van der Waals surface area contributed by atoms with E-state index in [4.69, 9.17) is 0 Å². The molecule has 0 spiro atoms. The molecular formula is C9H11BrN2O2. The number of rotatable bonds is 3. The SMILES string of the molecule is CC(C)(CBr)c1ccc([N+](=O)[O-])cn1. The molecule has 0 aliphatic carbocycles. The predicted octanol–water partition coefficient (Wildman–Crippen LogP) is 2.66. The molecule has 1 heterocycles. The number of alkyl halides is 1. The van der Waals surface area contributed by atoms with Crippen LogP contribution in [-0.2, 0) is 5.41 Å². The topological polar surface area (TPSA) is 56.0 Å². The van der Waals surface area contributed by atoms with Crippen molar-refractivity contribution >= 4 is 21.6 Å². The van der Waals surface area contributed by atoms with E-state index < -0.39 is 4.92 Å². The fourth-order valence-corrected chi connectivity index (χ4v) is 1.25. The van der Waals surface area contributed by atoms with Gasteiger partial charge in [-0.3, -0.25) is 15.1 Å². The van der Waals surface area contributed by atoms with Crippen LogP contribution in [0.15, 0.2) is 18.3 Å². The summed E-state index contributed by atoms with van der Waals surface area (Å²) in [6.07, 6.45) is 1.29. The smallest absolute Gasteiger partial charge is 0.258 e. The fraction of sp³-hybridized carbons (Fsp3) is 0.444. The zero-order chi connectivity index (χ0) is 10.8. The third kappa shape index (κ3) is 2.29. The molecule has 1 aromatic rings. The van der Waals surface area contributed by atoms with Crippen LogP contribution in [0, 0.1) is 10.1 Å². The summed E-state index contributed by atoms with van der Waals surface area (Å²) in [6.45, 7) is 4.05. The van der Waals surface area contributed by atoms with E-state index in [1.165, 1.54) is 12.3 Å². The summed E-state index contributed by atoms with van der Waals surface area (Å²) in [4.78, 5) is 14.0. The van der Waals surface area contributed by atoms with Crippen LogP contribution >= 0.6 is 15.9 Å². The Balaban J connectivity index is 2.99. The number of nitro groups is 1. The van der Waals surface area contributed by atoms with Crippen molar-refractivity contribution in [2.24, 2.45) is 0 Å². The van der Waals surface area contributed by atoms with E-state index in [0.717, 1.165) is 11.0 Å². The van der Waals surface area contributed by atoms with Crippen LogP contribution < -0.4 is 0 Å². The Hall–Kier alpha value is -0.970. The Kier molecular flexibility index (Phi) is 3.21. The third-order valence-electron chi connectivity index (χ3n) is 1.99. The molecule has 0 saturated heterocycles. The van der Waals surface area contributed by atoms with Crippen LogP contribution in [0.1, 0.15) is 19.5 Å². The Morgan fingerprint density at radius 2 is 2.21 bits per heavy atom. The minimum absolute atomic E-state index is 0.0270. The lowest BCUT2D eigenvalue weighted by atomic mass is 9.91. The number of hydrogen-bond donors (Lipinski definition) is 0. The molecule has 0 radical (unpaired) electrons. The number of halogens is 1. The first-order valence-electron chi connectivity index (χ1n) is 4.14. The fourth-order valence-electron chi connectivity index (χ4n) is 0.963. The molecule has 0 N–H and O–H groups in total. The number of aromatic nitrogens is 1. The van der Waals surface area contributed by atoms with Crippen LogP contribution in [0.3, 0.4) is 0 Å². The minimum Gasteiger partial charge on any atom is -0.258 e. The first-order valence-corrected chi connectivity index (χ1v) is 5.26. The van der Waals surface area contributed by atoms with Gasteiger partial charge in [-0.25, -0.2) is 0 Å².